The van der Waals surface area contributed by atoms with Crippen LogP contribution in [0, 0.1) is 11.6 Å². The third-order valence-corrected chi connectivity index (χ3v) is 4.37. The Kier molecular flexibility index (Phi) is 5.16. The van der Waals surface area contributed by atoms with Crippen molar-refractivity contribution in [2.24, 2.45) is 0 Å². The van der Waals surface area contributed by atoms with Crippen LogP contribution in [0.25, 0.3) is 0 Å². The van der Waals surface area contributed by atoms with Gasteiger partial charge in [-0.15, -0.1) is 0 Å². The number of hydrogen-bond donors (Lipinski definition) is 2. The van der Waals surface area contributed by atoms with E-state index in [0.717, 1.165) is 12.1 Å². The molecular weight excluding hydrogens is 358 g/mol. The van der Waals surface area contributed by atoms with Crippen molar-refractivity contribution >= 4 is 23.5 Å². The van der Waals surface area contributed by atoms with Gasteiger partial charge in [0.25, 0.3) is 5.91 Å². The smallest absolute Gasteiger partial charge is 0.312 e. The van der Waals surface area contributed by atoms with Gasteiger partial charge in [0.05, 0.1) is 5.56 Å². The lowest BCUT2D eigenvalue weighted by Crippen LogP contribution is -2.34. The molecule has 0 saturated heterocycles. The summed E-state index contributed by atoms with van der Waals surface area (Å²) in [6, 6.07) is 9.35. The largest absolute Gasteiger partial charge is 0.481 e. The van der Waals surface area contributed by atoms with Crippen molar-refractivity contribution < 1.29 is 28.3 Å². The van der Waals surface area contributed by atoms with Crippen LogP contribution < -0.4 is 10.2 Å². The van der Waals surface area contributed by atoms with Gasteiger partial charge in [-0.1, -0.05) is 18.2 Å². The molecule has 1 heterocycles. The second-order valence-corrected chi connectivity index (χ2v) is 6.08. The van der Waals surface area contributed by atoms with Crippen molar-refractivity contribution in [2.75, 3.05) is 18.0 Å². The molecule has 1 aliphatic rings. The molecule has 27 heavy (non-hydrogen) atoms. The van der Waals surface area contributed by atoms with Gasteiger partial charge in [-0.2, -0.15) is 0 Å². The second kappa shape index (κ2) is 7.53. The molecule has 3 rings (SSSR count). The third-order valence-electron chi connectivity index (χ3n) is 4.37. The summed E-state index contributed by atoms with van der Waals surface area (Å²) in [6.07, 6.45) is -0.0881. The van der Waals surface area contributed by atoms with Gasteiger partial charge >= 0.3 is 5.97 Å². The van der Waals surface area contributed by atoms with Crippen molar-refractivity contribution in [3.8, 4) is 0 Å². The zero-order valence-corrected chi connectivity index (χ0v) is 14.1. The van der Waals surface area contributed by atoms with Crippen molar-refractivity contribution in [1.82, 2.24) is 5.32 Å². The van der Waals surface area contributed by atoms with E-state index in [4.69, 9.17) is 0 Å². The highest BCUT2D eigenvalue weighted by Crippen LogP contribution is 2.36. The summed E-state index contributed by atoms with van der Waals surface area (Å²) < 4.78 is 26.5. The van der Waals surface area contributed by atoms with E-state index >= 15 is 0 Å². The van der Waals surface area contributed by atoms with Gasteiger partial charge < -0.3 is 15.3 Å². The summed E-state index contributed by atoms with van der Waals surface area (Å²) in [5, 5.41) is 11.7. The number of benzene rings is 2. The molecule has 2 N–H and O–H groups in total. The highest BCUT2D eigenvalue weighted by Gasteiger charge is 2.35. The highest BCUT2D eigenvalue weighted by atomic mass is 19.1. The summed E-state index contributed by atoms with van der Waals surface area (Å²) >= 11 is 0. The molecule has 1 aliphatic heterocycles. The maximum atomic E-state index is 13.6. The van der Waals surface area contributed by atoms with E-state index in [0.29, 0.717) is 17.3 Å². The van der Waals surface area contributed by atoms with Gasteiger partial charge in [-0.05, 0) is 23.8 Å². The van der Waals surface area contributed by atoms with Crippen molar-refractivity contribution in [3.63, 3.8) is 0 Å². The highest BCUT2D eigenvalue weighted by molar-refractivity contribution is 5.99. The quantitative estimate of drug-likeness (QED) is 0.841. The van der Waals surface area contributed by atoms with Crippen molar-refractivity contribution in [2.45, 2.75) is 12.3 Å². The minimum atomic E-state index is -1.02. The van der Waals surface area contributed by atoms with Crippen LogP contribution in [0.4, 0.5) is 14.5 Å². The average molecular weight is 374 g/mol. The molecule has 2 aromatic carbocycles. The molecule has 0 radical (unpaired) electrons. The first kappa shape index (κ1) is 18.5. The topological polar surface area (TPSA) is 86.7 Å². The Morgan fingerprint density at radius 2 is 1.89 bits per heavy atom. The minimum Gasteiger partial charge on any atom is -0.481 e. The number of hydrogen-bond acceptors (Lipinski definition) is 3. The molecule has 0 bridgehead atoms. The molecule has 140 valence electrons. The lowest BCUT2D eigenvalue weighted by atomic mass is 10.0. The lowest BCUT2D eigenvalue weighted by molar-refractivity contribution is -0.138. The predicted octanol–water partition coefficient (Wildman–Crippen LogP) is 2.30. The van der Waals surface area contributed by atoms with Crippen LogP contribution in [0.15, 0.2) is 42.5 Å². The van der Waals surface area contributed by atoms with Crippen LogP contribution in [-0.2, 0) is 9.59 Å². The van der Waals surface area contributed by atoms with E-state index in [1.807, 2.05) is 0 Å². The number of amides is 2. The number of para-hydroxylation sites is 1. The Balaban J connectivity index is 1.62. The lowest BCUT2D eigenvalue weighted by Gasteiger charge is -2.17. The maximum Gasteiger partial charge on any atom is 0.312 e. The van der Waals surface area contributed by atoms with Gasteiger partial charge in [0, 0.05) is 31.3 Å². The fraction of sp³-hybridized carbons (Fsp3) is 0.211. The van der Waals surface area contributed by atoms with Crippen LogP contribution in [0.5, 0.6) is 0 Å². The average Bonchev–Trinajstić information content (AvgIpc) is 3.01. The van der Waals surface area contributed by atoms with Gasteiger partial charge in [0.2, 0.25) is 5.91 Å². The maximum absolute atomic E-state index is 13.6. The standard InChI is InChI=1S/C19H16F2N2O4/c20-11-5-6-13(15(21)9-11)18(25)22-8-7-17(24)23-10-14(19(26)27)12-3-1-2-4-16(12)23/h1-6,9,14H,7-8,10H2,(H,22,25)(H,26,27). The molecule has 8 heteroatoms. The second-order valence-electron chi connectivity index (χ2n) is 6.08. The monoisotopic (exact) mass is 374 g/mol. The zero-order valence-electron chi connectivity index (χ0n) is 14.1. The number of carboxylic acid groups (broad SMARTS) is 1. The van der Waals surface area contributed by atoms with E-state index in [1.165, 1.54) is 4.90 Å². The van der Waals surface area contributed by atoms with Crippen LogP contribution >= 0.6 is 0 Å². The summed E-state index contributed by atoms with van der Waals surface area (Å²) in [7, 11) is 0. The number of nitrogens with one attached hydrogen (secondary N) is 1. The van der Waals surface area contributed by atoms with Crippen LogP contribution in [-0.4, -0.2) is 36.0 Å². The van der Waals surface area contributed by atoms with E-state index in [-0.39, 0.29) is 31.0 Å². The number of carboxylic acids is 1. The van der Waals surface area contributed by atoms with E-state index < -0.39 is 29.4 Å². The predicted molar refractivity (Wildman–Crippen MR) is 92.5 cm³/mol. The van der Waals surface area contributed by atoms with Crippen LogP contribution in [0.1, 0.15) is 28.3 Å². The van der Waals surface area contributed by atoms with E-state index in [2.05, 4.69) is 5.32 Å². The Hall–Kier alpha value is -3.29. The first-order valence-corrected chi connectivity index (χ1v) is 8.24. The number of carbonyl (C=O) groups excluding carboxylic acids is 2. The summed E-state index contributed by atoms with van der Waals surface area (Å²) in [4.78, 5) is 37.2. The number of halogens is 2. The fourth-order valence-corrected chi connectivity index (χ4v) is 3.04. The number of anilines is 1. The number of aliphatic carboxylic acids is 1. The molecule has 0 spiro atoms. The first-order chi connectivity index (χ1) is 12.9. The van der Waals surface area contributed by atoms with Crippen LogP contribution in [0.2, 0.25) is 0 Å². The molecule has 0 saturated carbocycles. The molecule has 0 aromatic heterocycles. The van der Waals surface area contributed by atoms with Crippen molar-refractivity contribution in [3.05, 3.63) is 65.2 Å². The first-order valence-electron chi connectivity index (χ1n) is 8.24. The van der Waals surface area contributed by atoms with Gasteiger partial charge in [-0.25, -0.2) is 8.78 Å². The molecule has 1 atom stereocenters. The van der Waals surface area contributed by atoms with Gasteiger partial charge in [0.15, 0.2) is 0 Å². The van der Waals surface area contributed by atoms with Crippen LogP contribution in [0.3, 0.4) is 0 Å². The normalized spacial score (nSPS) is 15.3. The summed E-state index contributed by atoms with van der Waals surface area (Å²) in [6.45, 7) is -0.0427. The number of rotatable bonds is 5. The molecule has 1 unspecified atom stereocenters. The molecule has 2 aromatic rings. The Morgan fingerprint density at radius 1 is 1.15 bits per heavy atom. The van der Waals surface area contributed by atoms with Gasteiger partial charge in [0.1, 0.15) is 17.6 Å². The molecule has 0 fully saturated rings. The zero-order chi connectivity index (χ0) is 19.6. The molecule has 6 nitrogen and oxygen atoms in total. The number of nitrogens with zero attached hydrogens (tertiary/aromatic N) is 1. The Labute approximate surface area is 153 Å². The number of fused-ring (bicyclic) bond motifs is 1. The SMILES string of the molecule is O=C(NCCC(=O)N1CC(C(=O)O)c2ccccc21)c1ccc(F)cc1F. The summed E-state index contributed by atoms with van der Waals surface area (Å²) in [5.74, 6) is -4.71. The van der Waals surface area contributed by atoms with E-state index in [1.54, 1.807) is 24.3 Å². The fourth-order valence-electron chi connectivity index (χ4n) is 3.04. The van der Waals surface area contributed by atoms with Crippen molar-refractivity contribution in [1.29, 1.82) is 0 Å². The minimum absolute atomic E-state index is 0.0219. The Morgan fingerprint density at radius 3 is 2.59 bits per heavy atom. The van der Waals surface area contributed by atoms with E-state index in [9.17, 15) is 28.3 Å². The number of carbonyl (C=O) groups is 3. The molecular formula is C19H16F2N2O4. The summed E-state index contributed by atoms with van der Waals surface area (Å²) in [5.41, 5.74) is 0.780. The van der Waals surface area contributed by atoms with Gasteiger partial charge in [-0.3, -0.25) is 14.4 Å². The third kappa shape index (κ3) is 3.79. The Bertz CT molecular complexity index is 916. The molecule has 2 amide bonds. The molecule has 0 aliphatic carbocycles.